The second-order valence-electron chi connectivity index (χ2n) is 7.81. The van der Waals surface area contributed by atoms with Crippen LogP contribution in [-0.2, 0) is 9.59 Å². The number of para-hydroxylation sites is 1. The number of rotatable bonds is 7. The van der Waals surface area contributed by atoms with Crippen LogP contribution in [0.1, 0.15) is 17.8 Å². The highest BCUT2D eigenvalue weighted by atomic mass is 35.5. The maximum Gasteiger partial charge on any atom is 0.251 e. The molecule has 0 radical (unpaired) electrons. The van der Waals surface area contributed by atoms with Gasteiger partial charge in [-0.1, -0.05) is 24.3 Å². The third-order valence-corrected chi connectivity index (χ3v) is 6.72. The van der Waals surface area contributed by atoms with Crippen molar-refractivity contribution in [2.24, 2.45) is 0 Å². The van der Waals surface area contributed by atoms with Crippen LogP contribution in [0.2, 0.25) is 0 Å². The number of piperazine rings is 1. The summed E-state index contributed by atoms with van der Waals surface area (Å²) in [6.45, 7) is 4.05. The maximum atomic E-state index is 13.8. The van der Waals surface area contributed by atoms with Crippen LogP contribution in [0.25, 0.3) is 0 Å². The molecule has 0 spiro atoms. The van der Waals surface area contributed by atoms with E-state index >= 15 is 0 Å². The first-order valence-electron chi connectivity index (χ1n) is 10.8. The van der Waals surface area contributed by atoms with Crippen LogP contribution in [0.15, 0.2) is 72.1 Å². The Morgan fingerprint density at radius 2 is 1.85 bits per heavy atom. The quantitative estimate of drug-likeness (QED) is 0.496. The van der Waals surface area contributed by atoms with E-state index in [1.807, 2.05) is 59.7 Å². The molecule has 1 unspecified atom stereocenters. The van der Waals surface area contributed by atoms with Crippen molar-refractivity contribution in [2.75, 3.05) is 30.4 Å². The van der Waals surface area contributed by atoms with Crippen LogP contribution in [0.5, 0.6) is 11.5 Å². The van der Waals surface area contributed by atoms with E-state index in [1.54, 1.807) is 24.3 Å². The lowest BCUT2D eigenvalue weighted by Gasteiger charge is -2.39. The first kappa shape index (κ1) is 23.3. The van der Waals surface area contributed by atoms with Gasteiger partial charge in [0.25, 0.3) is 5.91 Å². The molecule has 33 heavy (non-hydrogen) atoms. The monoisotopic (exact) mass is 483 g/mol. The minimum atomic E-state index is -0.780. The standard InChI is InChI=1S/C25H26ClN3O3S/c1-18-17-27-13-14-28(18)25(31)24(22-8-5-15-33-22)29(23(30)16-26)19-9-11-21(12-10-19)32-20-6-3-2-4-7-20/h2-12,15,18,24,27H,13-14,16-17H2,1H3/t18-,24?/m0/s1. The van der Waals surface area contributed by atoms with E-state index in [1.165, 1.54) is 16.2 Å². The Hall–Kier alpha value is -2.87. The number of thiophene rings is 1. The summed E-state index contributed by atoms with van der Waals surface area (Å²) in [5.41, 5.74) is 0.593. The van der Waals surface area contributed by atoms with Gasteiger partial charge in [-0.05, 0) is 54.8 Å². The summed E-state index contributed by atoms with van der Waals surface area (Å²) in [5.74, 6) is 0.697. The number of halogens is 1. The summed E-state index contributed by atoms with van der Waals surface area (Å²) < 4.78 is 5.88. The molecule has 4 rings (SSSR count). The highest BCUT2D eigenvalue weighted by molar-refractivity contribution is 7.10. The summed E-state index contributed by atoms with van der Waals surface area (Å²) in [6.07, 6.45) is 0. The molecule has 1 aromatic heterocycles. The van der Waals surface area contributed by atoms with Crippen LogP contribution >= 0.6 is 22.9 Å². The van der Waals surface area contributed by atoms with Crippen LogP contribution in [-0.4, -0.2) is 48.3 Å². The largest absolute Gasteiger partial charge is 0.457 e. The van der Waals surface area contributed by atoms with Crippen molar-refractivity contribution >= 4 is 40.4 Å². The van der Waals surface area contributed by atoms with E-state index in [0.717, 1.165) is 23.7 Å². The van der Waals surface area contributed by atoms with Crippen molar-refractivity contribution in [3.05, 3.63) is 77.0 Å². The van der Waals surface area contributed by atoms with Gasteiger partial charge in [0, 0.05) is 36.2 Å². The van der Waals surface area contributed by atoms with Gasteiger partial charge < -0.3 is 15.0 Å². The lowest BCUT2D eigenvalue weighted by molar-refractivity contribution is -0.137. The van der Waals surface area contributed by atoms with E-state index in [-0.39, 0.29) is 23.7 Å². The minimum Gasteiger partial charge on any atom is -0.457 e. The Morgan fingerprint density at radius 3 is 2.48 bits per heavy atom. The first-order valence-corrected chi connectivity index (χ1v) is 12.3. The van der Waals surface area contributed by atoms with Gasteiger partial charge in [0.1, 0.15) is 23.4 Å². The molecule has 3 aromatic rings. The van der Waals surface area contributed by atoms with Gasteiger partial charge in [0.15, 0.2) is 0 Å². The molecule has 172 valence electrons. The summed E-state index contributed by atoms with van der Waals surface area (Å²) >= 11 is 7.47. The number of nitrogens with one attached hydrogen (secondary N) is 1. The number of nitrogens with zero attached hydrogens (tertiary/aromatic N) is 2. The summed E-state index contributed by atoms with van der Waals surface area (Å²) in [5, 5.41) is 5.22. The molecule has 0 aliphatic carbocycles. The predicted molar refractivity (Wildman–Crippen MR) is 132 cm³/mol. The number of anilines is 1. The Labute approximate surface area is 202 Å². The van der Waals surface area contributed by atoms with Gasteiger partial charge in [0.05, 0.1) is 0 Å². The molecule has 0 saturated carbocycles. The Balaban J connectivity index is 1.67. The average Bonchev–Trinajstić information content (AvgIpc) is 3.38. The summed E-state index contributed by atoms with van der Waals surface area (Å²) in [6, 6.07) is 19.7. The molecular weight excluding hydrogens is 458 g/mol. The van der Waals surface area contributed by atoms with Crippen molar-refractivity contribution in [1.82, 2.24) is 10.2 Å². The third kappa shape index (κ3) is 5.38. The normalized spacial score (nSPS) is 16.8. The molecule has 2 amide bonds. The summed E-state index contributed by atoms with van der Waals surface area (Å²) in [7, 11) is 0. The van der Waals surface area contributed by atoms with Gasteiger partial charge in [0.2, 0.25) is 5.91 Å². The fraction of sp³-hybridized carbons (Fsp3) is 0.280. The van der Waals surface area contributed by atoms with Crippen molar-refractivity contribution in [2.45, 2.75) is 19.0 Å². The predicted octanol–water partition coefficient (Wildman–Crippen LogP) is 4.67. The molecule has 0 bridgehead atoms. The zero-order valence-electron chi connectivity index (χ0n) is 18.3. The number of alkyl halides is 1. The Bertz CT molecular complexity index is 1060. The van der Waals surface area contributed by atoms with E-state index < -0.39 is 6.04 Å². The number of hydrogen-bond acceptors (Lipinski definition) is 5. The fourth-order valence-corrected chi connectivity index (χ4v) is 4.87. The van der Waals surface area contributed by atoms with Crippen molar-refractivity contribution in [3.63, 3.8) is 0 Å². The number of carbonyl (C=O) groups is 2. The lowest BCUT2D eigenvalue weighted by atomic mass is 10.1. The van der Waals surface area contributed by atoms with Gasteiger partial charge in [-0.25, -0.2) is 0 Å². The molecule has 1 aliphatic rings. The average molecular weight is 484 g/mol. The second-order valence-corrected chi connectivity index (χ2v) is 9.06. The van der Waals surface area contributed by atoms with Crippen molar-refractivity contribution in [3.8, 4) is 11.5 Å². The molecule has 2 atom stereocenters. The zero-order chi connectivity index (χ0) is 23.2. The van der Waals surface area contributed by atoms with Gasteiger partial charge >= 0.3 is 0 Å². The Morgan fingerprint density at radius 1 is 1.12 bits per heavy atom. The zero-order valence-corrected chi connectivity index (χ0v) is 19.9. The van der Waals surface area contributed by atoms with Crippen molar-refractivity contribution < 1.29 is 14.3 Å². The van der Waals surface area contributed by atoms with Gasteiger partial charge in [-0.3, -0.25) is 14.5 Å². The number of benzene rings is 2. The molecule has 1 aliphatic heterocycles. The molecule has 1 fully saturated rings. The van der Waals surface area contributed by atoms with Gasteiger partial charge in [-0.15, -0.1) is 22.9 Å². The minimum absolute atomic E-state index is 0.0308. The van der Waals surface area contributed by atoms with Crippen LogP contribution in [0.3, 0.4) is 0 Å². The summed E-state index contributed by atoms with van der Waals surface area (Å²) in [4.78, 5) is 31.0. The molecular formula is C25H26ClN3O3S. The molecule has 2 aromatic carbocycles. The van der Waals surface area contributed by atoms with E-state index in [0.29, 0.717) is 18.0 Å². The molecule has 1 saturated heterocycles. The number of amides is 2. The molecule has 8 heteroatoms. The van der Waals surface area contributed by atoms with E-state index in [2.05, 4.69) is 5.32 Å². The maximum absolute atomic E-state index is 13.8. The first-order chi connectivity index (χ1) is 16.1. The lowest BCUT2D eigenvalue weighted by Crippen LogP contribution is -2.56. The molecule has 1 N–H and O–H groups in total. The second kappa shape index (κ2) is 10.8. The topological polar surface area (TPSA) is 61.9 Å². The highest BCUT2D eigenvalue weighted by Gasteiger charge is 2.37. The third-order valence-electron chi connectivity index (χ3n) is 5.57. The van der Waals surface area contributed by atoms with Crippen LogP contribution in [0, 0.1) is 0 Å². The number of carbonyl (C=O) groups excluding carboxylic acids is 2. The highest BCUT2D eigenvalue weighted by Crippen LogP contribution is 2.34. The smallest absolute Gasteiger partial charge is 0.251 e. The van der Waals surface area contributed by atoms with E-state index in [4.69, 9.17) is 16.3 Å². The Kier molecular flexibility index (Phi) is 7.65. The molecule has 2 heterocycles. The molecule has 6 nitrogen and oxygen atoms in total. The number of ether oxygens (including phenoxy) is 1. The fourth-order valence-electron chi connectivity index (χ4n) is 3.93. The SMILES string of the molecule is C[C@H]1CNCCN1C(=O)C(c1cccs1)N(C(=O)CCl)c1ccc(Oc2ccccc2)cc1. The van der Waals surface area contributed by atoms with E-state index in [9.17, 15) is 9.59 Å². The van der Waals surface area contributed by atoms with Crippen LogP contribution in [0.4, 0.5) is 5.69 Å². The number of hydrogen-bond donors (Lipinski definition) is 1. The van der Waals surface area contributed by atoms with Gasteiger partial charge in [-0.2, -0.15) is 0 Å². The van der Waals surface area contributed by atoms with Crippen molar-refractivity contribution in [1.29, 1.82) is 0 Å². The van der Waals surface area contributed by atoms with Crippen LogP contribution < -0.4 is 15.0 Å².